The van der Waals surface area contributed by atoms with Crippen molar-refractivity contribution < 1.29 is 32.0 Å². The van der Waals surface area contributed by atoms with E-state index in [0.717, 1.165) is 24.8 Å². The molecule has 4 heterocycles. The topological polar surface area (TPSA) is 137 Å². The molecule has 1 saturated heterocycles. The molecule has 0 bridgehead atoms. The van der Waals surface area contributed by atoms with Crippen molar-refractivity contribution in [2.45, 2.75) is 31.6 Å². The Balaban J connectivity index is 1.05. The molecule has 0 spiro atoms. The van der Waals surface area contributed by atoms with Gasteiger partial charge in [0.15, 0.2) is 5.58 Å². The molecule has 2 amide bonds. The van der Waals surface area contributed by atoms with Crippen molar-refractivity contribution in [2.24, 2.45) is 5.92 Å². The highest BCUT2D eigenvalue weighted by Crippen LogP contribution is 2.31. The van der Waals surface area contributed by atoms with Gasteiger partial charge in [-0.1, -0.05) is 36.8 Å². The summed E-state index contributed by atoms with van der Waals surface area (Å²) in [5.74, 6) is 0.0670. The highest BCUT2D eigenvalue weighted by atomic mass is 19.4. The van der Waals surface area contributed by atoms with Crippen LogP contribution >= 0.6 is 0 Å². The number of H-pyrrole nitrogens is 1. The highest BCUT2D eigenvalue weighted by Gasteiger charge is 2.44. The van der Waals surface area contributed by atoms with Crippen LogP contribution in [0.5, 0.6) is 0 Å². The Kier molecular flexibility index (Phi) is 7.68. The van der Waals surface area contributed by atoms with Gasteiger partial charge >= 0.3 is 12.1 Å². The number of hydrogen-bond donors (Lipinski definition) is 2. The lowest BCUT2D eigenvalue weighted by molar-refractivity contribution is -0.935. The molecule has 3 aromatic heterocycles. The van der Waals surface area contributed by atoms with Gasteiger partial charge in [-0.05, 0) is 59.0 Å². The number of carbonyl (C=O) groups excluding carboxylic acids is 2. The third-order valence-corrected chi connectivity index (χ3v) is 8.39. The van der Waals surface area contributed by atoms with Crippen molar-refractivity contribution in [1.29, 1.82) is 0 Å². The maximum atomic E-state index is 13.5. The van der Waals surface area contributed by atoms with Crippen LogP contribution in [0.25, 0.3) is 22.6 Å². The van der Waals surface area contributed by atoms with Crippen molar-refractivity contribution >= 4 is 28.6 Å². The van der Waals surface area contributed by atoms with Crippen molar-refractivity contribution in [3.05, 3.63) is 83.9 Å². The monoisotopic (exact) mass is 632 g/mol. The number of tetrazole rings is 1. The SMILES string of the molecule is O=C(Nc1ccc2oc(-c3ccnc(C(=O)N4CCN(C(c5ccccc5)c5n[nH][n+](C(F)(F)F)n5)CC4)c3)nc2c1)C1CCC1. The minimum Gasteiger partial charge on any atom is -0.436 e. The number of fused-ring (bicyclic) bond motifs is 1. The van der Waals surface area contributed by atoms with Crippen molar-refractivity contribution in [1.82, 2.24) is 35.2 Å². The first-order valence-electron chi connectivity index (χ1n) is 14.9. The number of oxazole rings is 1. The first-order chi connectivity index (χ1) is 22.2. The molecule has 2 fully saturated rings. The van der Waals surface area contributed by atoms with Gasteiger partial charge in [0.1, 0.15) is 17.3 Å². The summed E-state index contributed by atoms with van der Waals surface area (Å²) < 4.78 is 45.7. The number of pyridine rings is 1. The minimum absolute atomic E-state index is 0.00965. The van der Waals surface area contributed by atoms with E-state index < -0.39 is 12.3 Å². The Labute approximate surface area is 260 Å². The van der Waals surface area contributed by atoms with E-state index in [9.17, 15) is 22.8 Å². The van der Waals surface area contributed by atoms with Gasteiger partial charge in [-0.2, -0.15) is 0 Å². The van der Waals surface area contributed by atoms with Crippen molar-refractivity contribution in [3.8, 4) is 11.5 Å². The molecule has 2 aromatic carbocycles. The number of anilines is 1. The van der Waals surface area contributed by atoms with E-state index in [-0.39, 0.29) is 34.0 Å². The number of aromatic amines is 1. The molecular formula is C31H29F3N9O3+. The third kappa shape index (κ3) is 5.92. The maximum absolute atomic E-state index is 13.5. The molecule has 236 valence electrons. The lowest BCUT2D eigenvalue weighted by Crippen LogP contribution is -2.52. The summed E-state index contributed by atoms with van der Waals surface area (Å²) in [7, 11) is 0. The van der Waals surface area contributed by atoms with Gasteiger partial charge in [-0.25, -0.2) is 4.98 Å². The molecule has 15 heteroatoms. The van der Waals surface area contributed by atoms with Gasteiger partial charge in [0.2, 0.25) is 11.8 Å². The van der Waals surface area contributed by atoms with Gasteiger partial charge in [0.25, 0.3) is 5.91 Å². The van der Waals surface area contributed by atoms with E-state index in [0.29, 0.717) is 54.4 Å². The fourth-order valence-corrected chi connectivity index (χ4v) is 5.70. The second-order valence-corrected chi connectivity index (χ2v) is 11.3. The number of nitrogens with zero attached hydrogens (tertiary/aromatic N) is 7. The van der Waals surface area contributed by atoms with Gasteiger partial charge in [0, 0.05) is 54.3 Å². The highest BCUT2D eigenvalue weighted by molar-refractivity contribution is 5.95. The normalized spacial score (nSPS) is 16.7. The number of piperazine rings is 1. The summed E-state index contributed by atoms with van der Waals surface area (Å²) in [5, 5.41) is 12.4. The molecule has 5 aromatic rings. The molecule has 1 aliphatic carbocycles. The van der Waals surface area contributed by atoms with E-state index in [4.69, 9.17) is 4.42 Å². The molecule has 1 unspecified atom stereocenters. The summed E-state index contributed by atoms with van der Waals surface area (Å²) in [6, 6.07) is 17.0. The van der Waals surface area contributed by atoms with Gasteiger partial charge < -0.3 is 14.6 Å². The molecule has 2 N–H and O–H groups in total. The van der Waals surface area contributed by atoms with E-state index >= 15 is 0 Å². The summed E-state index contributed by atoms with van der Waals surface area (Å²) in [6.07, 6.45) is -0.329. The Morgan fingerprint density at radius 3 is 2.50 bits per heavy atom. The van der Waals surface area contributed by atoms with E-state index in [2.05, 4.69) is 25.5 Å². The molecule has 1 saturated carbocycles. The predicted molar refractivity (Wildman–Crippen MR) is 157 cm³/mol. The number of benzene rings is 2. The fraction of sp³-hybridized carbons (Fsp3) is 0.323. The second kappa shape index (κ2) is 12.0. The van der Waals surface area contributed by atoms with Gasteiger partial charge in [-0.3, -0.25) is 19.5 Å². The van der Waals surface area contributed by atoms with Crippen LogP contribution < -0.4 is 10.1 Å². The number of nitrogens with one attached hydrogen (secondary N) is 2. The molecule has 46 heavy (non-hydrogen) atoms. The molecule has 7 rings (SSSR count). The fourth-order valence-electron chi connectivity index (χ4n) is 5.70. The summed E-state index contributed by atoms with van der Waals surface area (Å²) in [6.45, 7) is 1.37. The first kappa shape index (κ1) is 29.5. The van der Waals surface area contributed by atoms with Crippen molar-refractivity contribution in [2.75, 3.05) is 31.5 Å². The van der Waals surface area contributed by atoms with Crippen LogP contribution in [0.4, 0.5) is 18.9 Å². The maximum Gasteiger partial charge on any atom is 0.606 e. The average Bonchev–Trinajstić information content (AvgIpc) is 3.69. The molecule has 12 nitrogen and oxygen atoms in total. The number of hydrogen-bond acceptors (Lipinski definition) is 8. The smallest absolute Gasteiger partial charge is 0.436 e. The Bertz CT molecular complexity index is 1880. The number of amides is 2. The van der Waals surface area contributed by atoms with Gasteiger partial charge in [-0.15, -0.1) is 13.2 Å². The first-order valence-corrected chi connectivity index (χ1v) is 14.9. The number of aromatic nitrogens is 6. The molecule has 0 radical (unpaired) electrons. The van der Waals surface area contributed by atoms with Crippen LogP contribution in [-0.2, 0) is 11.1 Å². The molecule has 2 aliphatic rings. The van der Waals surface area contributed by atoms with E-state index in [1.165, 1.54) is 6.20 Å². The largest absolute Gasteiger partial charge is 0.606 e. The van der Waals surface area contributed by atoms with Crippen LogP contribution in [0, 0.1) is 5.92 Å². The number of alkyl halides is 3. The van der Waals surface area contributed by atoms with Crippen LogP contribution in [0.15, 0.2) is 71.3 Å². The third-order valence-electron chi connectivity index (χ3n) is 8.39. The summed E-state index contributed by atoms with van der Waals surface area (Å²) in [4.78, 5) is 38.1. The Morgan fingerprint density at radius 1 is 1.02 bits per heavy atom. The Morgan fingerprint density at radius 2 is 1.80 bits per heavy atom. The zero-order chi connectivity index (χ0) is 31.8. The summed E-state index contributed by atoms with van der Waals surface area (Å²) in [5.41, 5.74) is 3.27. The van der Waals surface area contributed by atoms with Crippen LogP contribution in [0.3, 0.4) is 0 Å². The average molecular weight is 633 g/mol. The minimum atomic E-state index is -4.73. The Hall–Kier alpha value is -5.18. The van der Waals surface area contributed by atoms with Crippen LogP contribution in [0.1, 0.15) is 47.2 Å². The number of rotatable bonds is 7. The lowest BCUT2D eigenvalue weighted by Gasteiger charge is -2.37. The van der Waals surface area contributed by atoms with Gasteiger partial charge in [0.05, 0.1) is 5.10 Å². The molecule has 1 atom stereocenters. The molecule has 1 aliphatic heterocycles. The quantitative estimate of drug-likeness (QED) is 0.257. The summed E-state index contributed by atoms with van der Waals surface area (Å²) >= 11 is 0. The lowest BCUT2D eigenvalue weighted by atomic mass is 9.85. The standard InChI is InChI=1S/C31H28F3N9O3/c32-31(33,34)43-39-27(38-40-43)26(19-5-2-1-3-6-19)41-13-15-42(16-14-41)30(45)24-17-21(11-12-35-24)29-37-23-18-22(9-10-25(23)46-29)36-28(44)20-7-4-8-20/h1-3,5-6,9-12,17-18,20,26H,4,7-8,13-16H2,(H,36,44)/p+1. The predicted octanol–water partition coefficient (Wildman–Crippen LogP) is 4.06. The van der Waals surface area contributed by atoms with E-state index in [1.807, 2.05) is 28.3 Å². The van der Waals surface area contributed by atoms with Crippen molar-refractivity contribution in [3.63, 3.8) is 0 Å². The van der Waals surface area contributed by atoms with E-state index in [1.54, 1.807) is 47.4 Å². The second-order valence-electron chi connectivity index (χ2n) is 11.3. The number of halogens is 3. The molecular weight excluding hydrogens is 603 g/mol. The van der Waals surface area contributed by atoms with Crippen LogP contribution in [0.2, 0.25) is 0 Å². The van der Waals surface area contributed by atoms with Crippen LogP contribution in [-0.4, -0.2) is 73.2 Å². The zero-order valence-corrected chi connectivity index (χ0v) is 24.4. The zero-order valence-electron chi connectivity index (χ0n) is 24.4. The number of carbonyl (C=O) groups is 2.